The number of benzene rings is 2. The molecule has 2 N–H and O–H groups in total. The molecule has 7 heteroatoms. The van der Waals surface area contributed by atoms with E-state index in [1.54, 1.807) is 11.9 Å². The third-order valence-corrected chi connectivity index (χ3v) is 6.13. The molecule has 1 aliphatic heterocycles. The maximum absolute atomic E-state index is 7.00. The molecule has 0 bridgehead atoms. The van der Waals surface area contributed by atoms with Gasteiger partial charge >= 0.3 is 0 Å². The first-order valence-electron chi connectivity index (χ1n) is 10.9. The fourth-order valence-electron chi connectivity index (χ4n) is 3.75. The monoisotopic (exact) mass is 460 g/mol. The van der Waals surface area contributed by atoms with Crippen LogP contribution in [0.2, 0.25) is 0 Å². The van der Waals surface area contributed by atoms with E-state index in [2.05, 4.69) is 81.3 Å². The van der Waals surface area contributed by atoms with E-state index in [9.17, 15) is 0 Å². The van der Waals surface area contributed by atoms with Crippen LogP contribution in [0.1, 0.15) is 5.56 Å². The fraction of sp³-hybridized carbons (Fsp3) is 0.231. The Hall–Kier alpha value is -2.97. The molecular weight excluding hydrogens is 432 g/mol. The Morgan fingerprint density at radius 2 is 1.79 bits per heavy atom. The van der Waals surface area contributed by atoms with Gasteiger partial charge in [-0.2, -0.15) is 0 Å². The van der Waals surface area contributed by atoms with Crippen molar-refractivity contribution in [1.29, 1.82) is 0 Å². The molecule has 0 unspecified atom stereocenters. The minimum atomic E-state index is 0.749. The molecule has 2 aromatic heterocycles. The van der Waals surface area contributed by atoms with Gasteiger partial charge in [0, 0.05) is 43.4 Å². The molecule has 1 aliphatic rings. The van der Waals surface area contributed by atoms with Crippen molar-refractivity contribution in [1.82, 2.24) is 14.7 Å². The number of rotatable bonds is 6. The third-order valence-electron chi connectivity index (χ3n) is 5.35. The van der Waals surface area contributed by atoms with Gasteiger partial charge in [-0.1, -0.05) is 42.5 Å². The first kappa shape index (κ1) is 23.2. The van der Waals surface area contributed by atoms with Gasteiger partial charge in [0.1, 0.15) is 5.52 Å². The summed E-state index contributed by atoms with van der Waals surface area (Å²) in [5.41, 5.74) is 6.33. The predicted molar refractivity (Wildman–Crippen MR) is 135 cm³/mol. The summed E-state index contributed by atoms with van der Waals surface area (Å²) in [6.45, 7) is 4.07. The predicted octanol–water partition coefficient (Wildman–Crippen LogP) is 4.54. The average Bonchev–Trinajstić information content (AvgIpc) is 2.90. The van der Waals surface area contributed by atoms with Crippen molar-refractivity contribution >= 4 is 28.7 Å². The van der Waals surface area contributed by atoms with E-state index < -0.39 is 0 Å². The summed E-state index contributed by atoms with van der Waals surface area (Å²) in [5.74, 6) is 0. The van der Waals surface area contributed by atoms with Crippen molar-refractivity contribution in [2.45, 2.75) is 11.4 Å². The molecule has 4 aromatic rings. The molecule has 1 saturated heterocycles. The number of aromatic nitrogens is 2. The van der Waals surface area contributed by atoms with Crippen LogP contribution in [0.3, 0.4) is 0 Å². The lowest BCUT2D eigenvalue weighted by Gasteiger charge is -2.29. The molecule has 1 fully saturated rings. The smallest absolute Gasteiger partial charge is 0.113 e. The highest BCUT2D eigenvalue weighted by molar-refractivity contribution is 7.97. The van der Waals surface area contributed by atoms with Crippen LogP contribution in [0.5, 0.6) is 0 Å². The standard InChI is InChI=1S/C25H24N4OS.CH4O/c1-2-5-19(6-3-1)18-27-31-21-8-4-7-20(17-21)22-9-10-23-25(28-22)24(11-12-26-23)29-13-15-30-16-14-29;1-2/h1-12,17,27H,13-16,18H2;2H,1H3. The highest BCUT2D eigenvalue weighted by atomic mass is 32.2. The summed E-state index contributed by atoms with van der Waals surface area (Å²) in [6.07, 6.45) is 1.87. The van der Waals surface area contributed by atoms with Crippen LogP contribution in [0.15, 0.2) is 83.9 Å². The number of anilines is 1. The van der Waals surface area contributed by atoms with Crippen molar-refractivity contribution in [3.8, 4) is 11.3 Å². The lowest BCUT2D eigenvalue weighted by Crippen LogP contribution is -2.36. The molecule has 0 radical (unpaired) electrons. The molecule has 0 spiro atoms. The van der Waals surface area contributed by atoms with Gasteiger partial charge in [0.05, 0.1) is 30.1 Å². The largest absolute Gasteiger partial charge is 0.400 e. The van der Waals surface area contributed by atoms with Crippen LogP contribution < -0.4 is 9.62 Å². The Bertz CT molecular complexity index is 1170. The molecule has 0 aliphatic carbocycles. The number of aliphatic hydroxyl groups excluding tert-OH is 1. The van der Waals surface area contributed by atoms with E-state index in [0.717, 1.165) is 72.8 Å². The van der Waals surface area contributed by atoms with Gasteiger partial charge in [0.2, 0.25) is 0 Å². The van der Waals surface area contributed by atoms with Gasteiger partial charge in [-0.05, 0) is 47.8 Å². The molecule has 0 atom stereocenters. The maximum atomic E-state index is 7.00. The zero-order valence-electron chi connectivity index (χ0n) is 18.6. The number of hydrogen-bond acceptors (Lipinski definition) is 7. The maximum Gasteiger partial charge on any atom is 0.113 e. The van der Waals surface area contributed by atoms with E-state index in [-0.39, 0.29) is 0 Å². The second-order valence-electron chi connectivity index (χ2n) is 7.43. The lowest BCUT2D eigenvalue weighted by molar-refractivity contribution is 0.123. The highest BCUT2D eigenvalue weighted by Gasteiger charge is 2.15. The number of nitrogens with one attached hydrogen (secondary N) is 1. The normalized spacial score (nSPS) is 13.5. The summed E-state index contributed by atoms with van der Waals surface area (Å²) in [7, 11) is 1.00. The van der Waals surface area contributed by atoms with E-state index in [4.69, 9.17) is 14.8 Å². The molecule has 6 nitrogen and oxygen atoms in total. The third kappa shape index (κ3) is 5.89. The highest BCUT2D eigenvalue weighted by Crippen LogP contribution is 2.29. The van der Waals surface area contributed by atoms with Crippen molar-refractivity contribution in [2.75, 3.05) is 38.3 Å². The Morgan fingerprint density at radius 3 is 2.61 bits per heavy atom. The van der Waals surface area contributed by atoms with Crippen molar-refractivity contribution in [3.05, 3.63) is 84.6 Å². The average molecular weight is 461 g/mol. The molecule has 170 valence electrons. The van der Waals surface area contributed by atoms with Crippen LogP contribution in [-0.4, -0.2) is 48.5 Å². The van der Waals surface area contributed by atoms with E-state index >= 15 is 0 Å². The molecule has 0 saturated carbocycles. The SMILES string of the molecule is CO.c1ccc(CNSc2cccc(-c3ccc4nccc(N5CCOCC5)c4n3)c2)cc1. The summed E-state index contributed by atoms with van der Waals surface area (Å²) in [6, 6.07) is 25.1. The summed E-state index contributed by atoms with van der Waals surface area (Å²) in [5, 5.41) is 7.00. The number of aliphatic hydroxyl groups is 1. The summed E-state index contributed by atoms with van der Waals surface area (Å²) in [4.78, 5) is 13.0. The number of nitrogens with zero attached hydrogens (tertiary/aromatic N) is 3. The molecule has 33 heavy (non-hydrogen) atoms. The Balaban J connectivity index is 0.00000126. The molecule has 5 rings (SSSR count). The van der Waals surface area contributed by atoms with E-state index in [1.807, 2.05) is 12.3 Å². The number of pyridine rings is 2. The minimum Gasteiger partial charge on any atom is -0.400 e. The van der Waals surface area contributed by atoms with Gasteiger partial charge < -0.3 is 14.7 Å². The number of fused-ring (bicyclic) bond motifs is 1. The number of ether oxygens (including phenoxy) is 1. The second-order valence-corrected chi connectivity index (χ2v) is 8.39. The molecular formula is C26H28N4O2S. The zero-order chi connectivity index (χ0) is 22.9. The summed E-state index contributed by atoms with van der Waals surface area (Å²) >= 11 is 1.64. The number of hydrogen-bond donors (Lipinski definition) is 2. The Morgan fingerprint density at radius 1 is 0.970 bits per heavy atom. The van der Waals surface area contributed by atoms with Gasteiger partial charge in [0.25, 0.3) is 0 Å². The quantitative estimate of drug-likeness (QED) is 0.410. The first-order chi connectivity index (χ1) is 16.4. The lowest BCUT2D eigenvalue weighted by atomic mass is 10.1. The van der Waals surface area contributed by atoms with Crippen molar-refractivity contribution in [3.63, 3.8) is 0 Å². The van der Waals surface area contributed by atoms with Crippen LogP contribution >= 0.6 is 11.9 Å². The van der Waals surface area contributed by atoms with Crippen LogP contribution in [0, 0.1) is 0 Å². The molecule has 2 aromatic carbocycles. The second kappa shape index (κ2) is 11.8. The van der Waals surface area contributed by atoms with Gasteiger partial charge in [-0.3, -0.25) is 9.71 Å². The molecule has 0 amide bonds. The fourth-order valence-corrected chi connectivity index (χ4v) is 4.49. The zero-order valence-corrected chi connectivity index (χ0v) is 19.5. The van der Waals surface area contributed by atoms with Crippen LogP contribution in [0.25, 0.3) is 22.3 Å². The van der Waals surface area contributed by atoms with Crippen molar-refractivity contribution in [2.24, 2.45) is 0 Å². The van der Waals surface area contributed by atoms with Gasteiger partial charge in [0.15, 0.2) is 0 Å². The van der Waals surface area contributed by atoms with Crippen LogP contribution in [0.4, 0.5) is 5.69 Å². The Kier molecular flexibility index (Phi) is 8.27. The van der Waals surface area contributed by atoms with Gasteiger partial charge in [-0.15, -0.1) is 0 Å². The Labute approximate surface area is 198 Å². The topological polar surface area (TPSA) is 70.5 Å². The number of morpholine rings is 1. The first-order valence-corrected chi connectivity index (χ1v) is 11.8. The molecule has 3 heterocycles. The van der Waals surface area contributed by atoms with Gasteiger partial charge in [-0.25, -0.2) is 4.98 Å². The summed E-state index contributed by atoms with van der Waals surface area (Å²) < 4.78 is 8.96. The van der Waals surface area contributed by atoms with E-state index in [1.165, 1.54) is 5.56 Å². The van der Waals surface area contributed by atoms with E-state index in [0.29, 0.717) is 0 Å². The minimum absolute atomic E-state index is 0.749. The van der Waals surface area contributed by atoms with Crippen molar-refractivity contribution < 1.29 is 9.84 Å². The van der Waals surface area contributed by atoms with Crippen LogP contribution in [-0.2, 0) is 11.3 Å².